The van der Waals surface area contributed by atoms with E-state index in [4.69, 9.17) is 13.7 Å². The zero-order valence-corrected chi connectivity index (χ0v) is 18.4. The molecule has 0 fully saturated rings. The highest BCUT2D eigenvalue weighted by molar-refractivity contribution is 6.24. The summed E-state index contributed by atoms with van der Waals surface area (Å²) >= 11 is 0. The molecule has 170 valence electrons. The van der Waals surface area contributed by atoms with Crippen LogP contribution in [0.15, 0.2) is 60.4 Å². The summed E-state index contributed by atoms with van der Waals surface area (Å²) in [6.07, 6.45) is 0. The van der Waals surface area contributed by atoms with Crippen molar-refractivity contribution in [3.63, 3.8) is 0 Å². The highest BCUT2D eigenvalue weighted by Crippen LogP contribution is 2.26. The molecule has 4 amide bonds. The number of nitrogens with zero attached hydrogens (tertiary/aromatic N) is 2. The number of hydrogen-bond donors (Lipinski definition) is 0. The van der Waals surface area contributed by atoms with Gasteiger partial charge in [0.15, 0.2) is 5.78 Å². The van der Waals surface area contributed by atoms with E-state index in [2.05, 4.69) is 0 Å². The molecule has 0 bridgehead atoms. The fourth-order valence-electron chi connectivity index (χ4n) is 3.10. The molecule has 0 aliphatic carbocycles. The van der Waals surface area contributed by atoms with Gasteiger partial charge in [-0.1, -0.05) is 47.4 Å². The van der Waals surface area contributed by atoms with Gasteiger partial charge in [-0.2, -0.15) is 0 Å². The minimum Gasteiger partial charge on any atom is -0.289 e. The quantitative estimate of drug-likeness (QED) is 0.426. The molecule has 0 saturated carbocycles. The monoisotopic (exact) mass is 464 g/mol. The van der Waals surface area contributed by atoms with E-state index in [-0.39, 0.29) is 24.2 Å². The van der Waals surface area contributed by atoms with Crippen molar-refractivity contribution in [3.8, 4) is 0 Å². The minimum absolute atomic E-state index is 0.0634. The van der Waals surface area contributed by atoms with Crippen LogP contribution in [0.3, 0.4) is 0 Å². The second kappa shape index (κ2) is 8.51. The van der Waals surface area contributed by atoms with E-state index in [1.807, 2.05) is 0 Å². The van der Waals surface area contributed by atoms with Gasteiger partial charge in [-0.25, -0.2) is 0 Å². The average Bonchev–Trinajstić information content (AvgIpc) is 3.35. The van der Waals surface area contributed by atoms with Crippen LogP contribution in [0.1, 0.15) is 82.2 Å². The SMILES string of the molecule is [2H]c1c([2H])c(C)c([2H])c([2H])c1C.[2H]c1c([2H])c2c(c([2H])c1C(=O)c1c([2H])c([2H])c3c(c1[2H])C(=O)N(C)C3=O)C(=O)N(C)C2=O. The van der Waals surface area contributed by atoms with Gasteiger partial charge < -0.3 is 0 Å². The van der Waals surface area contributed by atoms with E-state index in [1.54, 1.807) is 13.8 Å². The molecule has 0 spiro atoms. The lowest BCUT2D eigenvalue weighted by Crippen LogP contribution is -2.24. The lowest BCUT2D eigenvalue weighted by atomic mass is 9.96. The van der Waals surface area contributed by atoms with E-state index in [9.17, 15) is 24.0 Å². The largest absolute Gasteiger partial charge is 0.289 e. The molecule has 0 atom stereocenters. The number of carbonyl (C=O) groups is 5. The maximum absolute atomic E-state index is 13.3. The van der Waals surface area contributed by atoms with E-state index >= 15 is 0 Å². The van der Waals surface area contributed by atoms with Gasteiger partial charge in [-0.15, -0.1) is 0 Å². The number of carbonyl (C=O) groups excluding carboxylic acids is 5. The molecule has 5 rings (SSSR count). The lowest BCUT2D eigenvalue weighted by molar-refractivity contribution is 0.0678. The first-order chi connectivity index (χ1) is 20.3. The molecule has 0 unspecified atom stereocenters. The Labute approximate surface area is 210 Å². The summed E-state index contributed by atoms with van der Waals surface area (Å²) in [6, 6.07) is -4.72. The molecular formula is C27H22N2O5. The first kappa shape index (κ1) is 13.3. The standard InChI is InChI=1S/C19H12N2O5.C8H10/c1-20-16(23)11-5-3-9(7-13(11)18(20)25)15(22)10-4-6-12-14(8-10)19(26)21(2)17(12)24;1-7-3-5-8(2)6-4-7/h3-8H,1-2H3;3-6H,1-2H3/i3D,4D,5D,6D,7D,8D;3D,4D,5D,6D. The van der Waals surface area contributed by atoms with Crippen molar-refractivity contribution in [2.45, 2.75) is 13.8 Å². The second-order valence-electron chi connectivity index (χ2n) is 7.42. The van der Waals surface area contributed by atoms with Crippen LogP contribution >= 0.6 is 0 Å². The third-order valence-electron chi connectivity index (χ3n) is 5.03. The molecule has 34 heavy (non-hydrogen) atoms. The molecular weight excluding hydrogens is 432 g/mol. The van der Waals surface area contributed by atoms with Crippen molar-refractivity contribution >= 4 is 29.4 Å². The predicted octanol–water partition coefficient (Wildman–Crippen LogP) is 3.67. The van der Waals surface area contributed by atoms with Gasteiger partial charge in [0.25, 0.3) is 23.6 Å². The predicted molar refractivity (Wildman–Crippen MR) is 125 cm³/mol. The van der Waals surface area contributed by atoms with Crippen LogP contribution < -0.4 is 0 Å². The Kier molecular flexibility index (Phi) is 3.34. The van der Waals surface area contributed by atoms with Gasteiger partial charge in [-0.05, 0) is 38.0 Å². The fourth-order valence-corrected chi connectivity index (χ4v) is 3.10. The molecule has 2 heterocycles. The van der Waals surface area contributed by atoms with Crippen LogP contribution in [0.2, 0.25) is 0 Å². The van der Waals surface area contributed by atoms with E-state index < -0.39 is 99.0 Å². The van der Waals surface area contributed by atoms with Crippen molar-refractivity contribution in [2.75, 3.05) is 14.1 Å². The normalized spacial score (nSPS) is 18.2. The van der Waals surface area contributed by atoms with Crippen LogP contribution in [0.5, 0.6) is 0 Å². The van der Waals surface area contributed by atoms with E-state index in [0.717, 1.165) is 14.1 Å². The molecule has 7 heteroatoms. The van der Waals surface area contributed by atoms with E-state index in [1.165, 1.54) is 0 Å². The Morgan fingerprint density at radius 1 is 0.588 bits per heavy atom. The third-order valence-corrected chi connectivity index (χ3v) is 5.03. The van der Waals surface area contributed by atoms with Crippen LogP contribution in [0, 0.1) is 13.8 Å². The molecule has 3 aromatic carbocycles. The van der Waals surface area contributed by atoms with E-state index in [0.29, 0.717) is 20.9 Å². The number of hydrogen-bond acceptors (Lipinski definition) is 5. The summed E-state index contributed by atoms with van der Waals surface area (Å²) in [4.78, 5) is 63.8. The maximum atomic E-state index is 13.3. The summed E-state index contributed by atoms with van der Waals surface area (Å²) in [5.41, 5.74) is -2.94. The number of amides is 4. The smallest absolute Gasteiger partial charge is 0.261 e. The molecule has 3 aromatic rings. The zero-order chi connectivity index (χ0) is 33.4. The Balaban J connectivity index is 0.000000309. The topological polar surface area (TPSA) is 91.8 Å². The Morgan fingerprint density at radius 2 is 0.912 bits per heavy atom. The third kappa shape index (κ3) is 3.81. The van der Waals surface area contributed by atoms with Crippen molar-refractivity contribution in [1.29, 1.82) is 0 Å². The molecule has 7 nitrogen and oxygen atoms in total. The highest BCUT2D eigenvalue weighted by Gasteiger charge is 2.35. The van der Waals surface area contributed by atoms with Gasteiger partial charge in [0, 0.05) is 25.2 Å². The molecule has 0 saturated heterocycles. The molecule has 0 radical (unpaired) electrons. The molecule has 2 aliphatic heterocycles. The number of benzene rings is 3. The second-order valence-corrected chi connectivity index (χ2v) is 7.42. The number of ketones is 1. The summed E-state index contributed by atoms with van der Waals surface area (Å²) in [5, 5.41) is 0. The van der Waals surface area contributed by atoms with Gasteiger partial charge in [-0.3, -0.25) is 33.8 Å². The van der Waals surface area contributed by atoms with Crippen LogP contribution in [-0.4, -0.2) is 53.3 Å². The molecule has 0 aromatic heterocycles. The maximum Gasteiger partial charge on any atom is 0.261 e. The number of fused-ring (bicyclic) bond motifs is 2. The summed E-state index contributed by atoms with van der Waals surface area (Å²) < 4.78 is 78.7. The first-order valence-corrected chi connectivity index (χ1v) is 9.81. The lowest BCUT2D eigenvalue weighted by Gasteiger charge is -2.04. The Bertz CT molecular complexity index is 1720. The highest BCUT2D eigenvalue weighted by atomic mass is 16.2. The number of rotatable bonds is 2. The van der Waals surface area contributed by atoms with Crippen LogP contribution in [0.4, 0.5) is 0 Å². The van der Waals surface area contributed by atoms with Crippen molar-refractivity contribution in [2.24, 2.45) is 0 Å². The average molecular weight is 465 g/mol. The van der Waals surface area contributed by atoms with Crippen molar-refractivity contribution < 1.29 is 37.7 Å². The summed E-state index contributed by atoms with van der Waals surface area (Å²) in [7, 11) is 2.23. The zero-order valence-electron chi connectivity index (χ0n) is 28.4. The minimum atomic E-state index is -1.31. The molecule has 0 N–H and O–H groups in total. The fraction of sp³-hybridized carbons (Fsp3) is 0.148. The molecule has 2 aliphatic rings. The van der Waals surface area contributed by atoms with Crippen molar-refractivity contribution in [3.05, 3.63) is 105 Å². The Morgan fingerprint density at radius 3 is 1.26 bits per heavy atom. The summed E-state index contributed by atoms with van der Waals surface area (Å²) in [6.45, 7) is 3.19. The van der Waals surface area contributed by atoms with Gasteiger partial charge in [0.2, 0.25) is 0 Å². The van der Waals surface area contributed by atoms with Gasteiger partial charge in [0.1, 0.15) is 0 Å². The van der Waals surface area contributed by atoms with Crippen molar-refractivity contribution in [1.82, 2.24) is 9.80 Å². The summed E-state index contributed by atoms with van der Waals surface area (Å²) in [5.74, 6) is -5.03. The van der Waals surface area contributed by atoms with Gasteiger partial charge >= 0.3 is 0 Å². The van der Waals surface area contributed by atoms with Gasteiger partial charge in [0.05, 0.1) is 36.0 Å². The first-order valence-electron chi connectivity index (χ1n) is 14.8. The number of imide groups is 2. The van der Waals surface area contributed by atoms with Crippen LogP contribution in [-0.2, 0) is 0 Å². The van der Waals surface area contributed by atoms with Crippen LogP contribution in [0.25, 0.3) is 0 Å². The Hall–Kier alpha value is -4.39.